The van der Waals surface area contributed by atoms with Crippen LogP contribution in [0.1, 0.15) is 60.3 Å². The van der Waals surface area contributed by atoms with Gasteiger partial charge < -0.3 is 5.32 Å². The molecule has 1 saturated carbocycles. The highest BCUT2D eigenvalue weighted by Crippen LogP contribution is 2.38. The van der Waals surface area contributed by atoms with Crippen molar-refractivity contribution in [2.24, 2.45) is 5.41 Å². The number of nitrogens with zero attached hydrogens (tertiary/aromatic N) is 1. The smallest absolute Gasteiger partial charge is 0.0244 e. The van der Waals surface area contributed by atoms with Crippen LogP contribution in [0.3, 0.4) is 0 Å². The van der Waals surface area contributed by atoms with E-state index in [0.717, 1.165) is 6.54 Å². The van der Waals surface area contributed by atoms with Crippen molar-refractivity contribution in [2.75, 3.05) is 13.1 Å². The summed E-state index contributed by atoms with van der Waals surface area (Å²) in [6, 6.07) is 1.33. The van der Waals surface area contributed by atoms with E-state index in [1.807, 2.05) is 0 Å². The van der Waals surface area contributed by atoms with Crippen molar-refractivity contribution in [1.82, 2.24) is 10.2 Å². The molecule has 0 amide bonds. The van der Waals surface area contributed by atoms with Crippen LogP contribution >= 0.6 is 0 Å². The first-order valence-electron chi connectivity index (χ1n) is 7.33. The molecule has 2 atom stereocenters. The number of hydrogen-bond donors (Lipinski definition) is 1. The van der Waals surface area contributed by atoms with Gasteiger partial charge in [-0.1, -0.05) is 33.6 Å². The Labute approximate surface area is 107 Å². The molecule has 2 heteroatoms. The average Bonchev–Trinajstić information content (AvgIpc) is 2.65. The number of rotatable bonds is 1. The molecule has 2 rings (SSSR count). The van der Waals surface area contributed by atoms with Crippen molar-refractivity contribution >= 4 is 0 Å². The maximum absolute atomic E-state index is 3.74. The van der Waals surface area contributed by atoms with Gasteiger partial charge in [0.05, 0.1) is 0 Å². The fourth-order valence-electron chi connectivity index (χ4n) is 3.62. The van der Waals surface area contributed by atoms with Crippen LogP contribution in [0.4, 0.5) is 0 Å². The molecule has 2 aliphatic rings. The molecular weight excluding hydrogens is 208 g/mol. The maximum atomic E-state index is 3.74. The molecule has 0 radical (unpaired) electrons. The highest BCUT2D eigenvalue weighted by Gasteiger charge is 2.42. The Balaban J connectivity index is 2.10. The summed E-state index contributed by atoms with van der Waals surface area (Å²) < 4.78 is 0. The third-order valence-electron chi connectivity index (χ3n) is 4.99. The quantitative estimate of drug-likeness (QED) is 0.755. The highest BCUT2D eigenvalue weighted by molar-refractivity contribution is 4.99. The zero-order valence-corrected chi connectivity index (χ0v) is 12.3. The summed E-state index contributed by atoms with van der Waals surface area (Å²) in [7, 11) is 0. The highest BCUT2D eigenvalue weighted by atomic mass is 15.3. The summed E-state index contributed by atoms with van der Waals surface area (Å²) in [6.07, 6.45) is 5.64. The van der Waals surface area contributed by atoms with Gasteiger partial charge in [0.2, 0.25) is 0 Å². The molecule has 0 aromatic carbocycles. The van der Waals surface area contributed by atoms with E-state index in [-0.39, 0.29) is 0 Å². The monoisotopic (exact) mass is 238 g/mol. The average molecular weight is 238 g/mol. The summed E-state index contributed by atoms with van der Waals surface area (Å²) in [6.45, 7) is 14.3. The van der Waals surface area contributed by atoms with Crippen molar-refractivity contribution in [3.63, 3.8) is 0 Å². The second-order valence-electron chi connectivity index (χ2n) is 7.53. The fourth-order valence-corrected chi connectivity index (χ4v) is 3.62. The van der Waals surface area contributed by atoms with Gasteiger partial charge in [0.25, 0.3) is 0 Å². The Hall–Kier alpha value is -0.0800. The first kappa shape index (κ1) is 13.4. The van der Waals surface area contributed by atoms with Crippen LogP contribution in [0.25, 0.3) is 0 Å². The van der Waals surface area contributed by atoms with E-state index in [9.17, 15) is 0 Å². The van der Waals surface area contributed by atoms with Crippen LogP contribution in [0.2, 0.25) is 0 Å². The molecule has 0 spiro atoms. The van der Waals surface area contributed by atoms with Crippen LogP contribution in [0.15, 0.2) is 0 Å². The molecule has 1 N–H and O–H groups in total. The summed E-state index contributed by atoms with van der Waals surface area (Å²) in [4.78, 5) is 2.80. The lowest BCUT2D eigenvalue weighted by molar-refractivity contribution is 0.00930. The summed E-state index contributed by atoms with van der Waals surface area (Å²) >= 11 is 0. The zero-order chi connectivity index (χ0) is 12.7. The molecule has 2 nitrogen and oxygen atoms in total. The molecule has 1 aliphatic heterocycles. The van der Waals surface area contributed by atoms with Gasteiger partial charge in [-0.3, -0.25) is 4.90 Å². The largest absolute Gasteiger partial charge is 0.311 e. The van der Waals surface area contributed by atoms with E-state index in [1.165, 1.54) is 32.2 Å². The van der Waals surface area contributed by atoms with Gasteiger partial charge in [0.15, 0.2) is 0 Å². The van der Waals surface area contributed by atoms with E-state index >= 15 is 0 Å². The molecule has 0 aromatic heterocycles. The molecular formula is C15H30N2. The third kappa shape index (κ3) is 2.68. The van der Waals surface area contributed by atoms with E-state index < -0.39 is 0 Å². The van der Waals surface area contributed by atoms with Crippen molar-refractivity contribution in [3.8, 4) is 0 Å². The molecule has 2 fully saturated rings. The van der Waals surface area contributed by atoms with Crippen LogP contribution in [0.5, 0.6) is 0 Å². The maximum Gasteiger partial charge on any atom is 0.0244 e. The van der Waals surface area contributed by atoms with E-state index in [2.05, 4.69) is 44.8 Å². The minimum atomic E-state index is 0.368. The van der Waals surface area contributed by atoms with Gasteiger partial charge in [-0.25, -0.2) is 0 Å². The van der Waals surface area contributed by atoms with Crippen LogP contribution in [-0.2, 0) is 0 Å². The predicted molar refractivity (Wildman–Crippen MR) is 74.3 cm³/mol. The van der Waals surface area contributed by atoms with Crippen molar-refractivity contribution in [2.45, 2.75) is 77.9 Å². The van der Waals surface area contributed by atoms with Gasteiger partial charge in [-0.2, -0.15) is 0 Å². The molecule has 2 unspecified atom stereocenters. The Morgan fingerprint density at radius 1 is 1.18 bits per heavy atom. The molecule has 1 aliphatic carbocycles. The number of piperazine rings is 1. The molecule has 1 heterocycles. The number of nitrogens with one attached hydrogen (secondary N) is 1. The fraction of sp³-hybridized carbons (Fsp3) is 1.00. The molecule has 17 heavy (non-hydrogen) atoms. The Bertz CT molecular complexity index is 261. The second-order valence-corrected chi connectivity index (χ2v) is 7.53. The third-order valence-corrected chi connectivity index (χ3v) is 4.99. The first-order chi connectivity index (χ1) is 7.83. The zero-order valence-electron chi connectivity index (χ0n) is 12.3. The Kier molecular flexibility index (Phi) is 3.57. The molecule has 0 aromatic rings. The number of hydrogen-bond acceptors (Lipinski definition) is 2. The van der Waals surface area contributed by atoms with E-state index in [4.69, 9.17) is 0 Å². The lowest BCUT2D eigenvalue weighted by Crippen LogP contribution is -2.64. The van der Waals surface area contributed by atoms with Gasteiger partial charge in [-0.05, 0) is 32.1 Å². The topological polar surface area (TPSA) is 15.3 Å². The summed E-state index contributed by atoms with van der Waals surface area (Å²) in [5.41, 5.74) is 0.846. The lowest BCUT2D eigenvalue weighted by Gasteiger charge is -2.51. The summed E-state index contributed by atoms with van der Waals surface area (Å²) in [5.74, 6) is 0. The lowest BCUT2D eigenvalue weighted by atomic mass is 9.83. The minimum Gasteiger partial charge on any atom is -0.311 e. The first-order valence-corrected chi connectivity index (χ1v) is 7.33. The van der Waals surface area contributed by atoms with Gasteiger partial charge >= 0.3 is 0 Å². The van der Waals surface area contributed by atoms with Crippen molar-refractivity contribution in [1.29, 1.82) is 0 Å². The van der Waals surface area contributed by atoms with Gasteiger partial charge in [-0.15, -0.1) is 0 Å². The van der Waals surface area contributed by atoms with Gasteiger partial charge in [0.1, 0.15) is 0 Å². The Morgan fingerprint density at radius 2 is 1.76 bits per heavy atom. The molecule has 100 valence electrons. The van der Waals surface area contributed by atoms with Crippen LogP contribution in [-0.4, -0.2) is 35.6 Å². The second kappa shape index (κ2) is 4.55. The minimum absolute atomic E-state index is 0.368. The standard InChI is InChI=1S/C15H30N2/c1-12-10-16-13(14(2,3)4)11-17(12)15(5)8-6-7-9-15/h12-13,16H,6-11H2,1-5H3. The SMILES string of the molecule is CC1CNC(C(C)(C)C)CN1C1(C)CCCC1. The van der Waals surface area contributed by atoms with Crippen molar-refractivity contribution < 1.29 is 0 Å². The van der Waals surface area contributed by atoms with Gasteiger partial charge in [0, 0.05) is 30.7 Å². The normalized spacial score (nSPS) is 35.1. The van der Waals surface area contributed by atoms with E-state index in [1.54, 1.807) is 0 Å². The molecule has 1 saturated heterocycles. The van der Waals surface area contributed by atoms with Crippen LogP contribution in [0, 0.1) is 5.41 Å². The van der Waals surface area contributed by atoms with E-state index in [0.29, 0.717) is 23.0 Å². The van der Waals surface area contributed by atoms with Crippen molar-refractivity contribution in [3.05, 3.63) is 0 Å². The predicted octanol–water partition coefficient (Wildman–Crippen LogP) is 3.03. The Morgan fingerprint density at radius 3 is 2.29 bits per heavy atom. The summed E-state index contributed by atoms with van der Waals surface area (Å²) in [5, 5.41) is 3.74. The van der Waals surface area contributed by atoms with Crippen LogP contribution < -0.4 is 5.32 Å². The molecule has 0 bridgehead atoms.